The molecule has 0 unspecified atom stereocenters. The lowest BCUT2D eigenvalue weighted by Crippen LogP contribution is -2.19. The van der Waals surface area contributed by atoms with Crippen molar-refractivity contribution in [2.45, 2.75) is 0 Å². The molecule has 1 aromatic heterocycles. The van der Waals surface area contributed by atoms with Gasteiger partial charge in [-0.2, -0.15) is 0 Å². The van der Waals surface area contributed by atoms with Crippen LogP contribution in [0.15, 0.2) is 27.4 Å². The summed E-state index contributed by atoms with van der Waals surface area (Å²) >= 11 is 3.71. The minimum Gasteiger partial charge on any atom is -0.408 e. The van der Waals surface area contributed by atoms with Crippen LogP contribution in [0, 0.1) is 0 Å². The number of thiol groups is 1. The zero-order chi connectivity index (χ0) is 11.9. The van der Waals surface area contributed by atoms with Crippen molar-refractivity contribution < 1.29 is 9.21 Å². The summed E-state index contributed by atoms with van der Waals surface area (Å²) in [4.78, 5) is 23.7. The molecular weight excluding hydrogens is 228 g/mol. The van der Waals surface area contributed by atoms with Crippen molar-refractivity contribution in [1.29, 1.82) is 0 Å². The van der Waals surface area contributed by atoms with Gasteiger partial charge in [-0.15, -0.1) is 0 Å². The average molecular weight is 238 g/mol. The number of benzene rings is 1. The first-order chi connectivity index (χ1) is 7.50. The first-order valence-electron chi connectivity index (χ1n) is 4.57. The second kappa shape index (κ2) is 3.71. The first kappa shape index (κ1) is 10.8. The molecule has 0 spiro atoms. The van der Waals surface area contributed by atoms with Crippen LogP contribution in [-0.4, -0.2) is 16.9 Å². The summed E-state index contributed by atoms with van der Waals surface area (Å²) in [5.41, 5.74) is 1.77. The number of amides is 1. The Morgan fingerprint density at radius 2 is 2.19 bits per heavy atom. The number of anilines is 1. The molecule has 0 saturated heterocycles. The van der Waals surface area contributed by atoms with Crippen LogP contribution in [0.3, 0.4) is 0 Å². The van der Waals surface area contributed by atoms with Crippen LogP contribution in [0.1, 0.15) is 0 Å². The maximum Gasteiger partial charge on any atom is 0.419 e. The Hall–Kier alpha value is -1.69. The number of hydrogen-bond acceptors (Lipinski definition) is 3. The SMILES string of the molecule is CN(C(=O)S)c1ccc2c(c1)oc(=O)n2C. The Morgan fingerprint density at radius 1 is 1.50 bits per heavy atom. The quantitative estimate of drug-likeness (QED) is 0.768. The van der Waals surface area contributed by atoms with Gasteiger partial charge in [0.05, 0.1) is 5.52 Å². The highest BCUT2D eigenvalue weighted by Crippen LogP contribution is 2.21. The normalized spacial score (nSPS) is 10.7. The Balaban J connectivity index is 2.61. The van der Waals surface area contributed by atoms with Gasteiger partial charge in [-0.25, -0.2) is 4.79 Å². The average Bonchev–Trinajstić information content (AvgIpc) is 2.53. The summed E-state index contributed by atoms with van der Waals surface area (Å²) in [5.74, 6) is -0.424. The number of carbonyl (C=O) groups is 1. The van der Waals surface area contributed by atoms with Crippen molar-refractivity contribution in [2.75, 3.05) is 11.9 Å². The second-order valence-electron chi connectivity index (χ2n) is 3.42. The van der Waals surface area contributed by atoms with Crippen molar-refractivity contribution in [3.05, 3.63) is 28.7 Å². The van der Waals surface area contributed by atoms with Gasteiger partial charge in [-0.05, 0) is 12.1 Å². The van der Waals surface area contributed by atoms with Crippen LogP contribution in [0.25, 0.3) is 11.1 Å². The van der Waals surface area contributed by atoms with Crippen LogP contribution in [0.4, 0.5) is 10.5 Å². The lowest BCUT2D eigenvalue weighted by Gasteiger charge is -2.13. The van der Waals surface area contributed by atoms with Crippen LogP contribution < -0.4 is 10.7 Å². The van der Waals surface area contributed by atoms with Gasteiger partial charge >= 0.3 is 5.76 Å². The maximum absolute atomic E-state index is 11.3. The molecule has 2 aromatic rings. The van der Waals surface area contributed by atoms with Crippen LogP contribution in [-0.2, 0) is 7.05 Å². The highest BCUT2D eigenvalue weighted by molar-refractivity contribution is 7.96. The van der Waals surface area contributed by atoms with Crippen LogP contribution >= 0.6 is 12.6 Å². The third-order valence-electron chi connectivity index (χ3n) is 2.45. The van der Waals surface area contributed by atoms with Gasteiger partial charge in [-0.3, -0.25) is 9.36 Å². The van der Waals surface area contributed by atoms with Crippen molar-refractivity contribution in [3.8, 4) is 0 Å². The van der Waals surface area contributed by atoms with E-state index < -0.39 is 5.76 Å². The molecule has 0 N–H and O–H groups in total. The molecule has 0 aliphatic heterocycles. The van der Waals surface area contributed by atoms with E-state index in [0.29, 0.717) is 16.8 Å². The Kier molecular flexibility index (Phi) is 2.51. The van der Waals surface area contributed by atoms with E-state index in [1.165, 1.54) is 9.47 Å². The number of oxazole rings is 1. The summed E-state index contributed by atoms with van der Waals surface area (Å²) < 4.78 is 6.42. The molecule has 0 radical (unpaired) electrons. The van der Waals surface area contributed by atoms with Crippen molar-refractivity contribution in [1.82, 2.24) is 4.57 Å². The van der Waals surface area contributed by atoms with Gasteiger partial charge in [0, 0.05) is 25.8 Å². The number of rotatable bonds is 1. The minimum atomic E-state index is -0.424. The smallest absolute Gasteiger partial charge is 0.408 e. The zero-order valence-electron chi connectivity index (χ0n) is 8.80. The van der Waals surface area contributed by atoms with E-state index in [1.54, 1.807) is 32.3 Å². The van der Waals surface area contributed by atoms with Crippen molar-refractivity contribution in [3.63, 3.8) is 0 Å². The van der Waals surface area contributed by atoms with Gasteiger partial charge in [0.1, 0.15) is 0 Å². The molecule has 0 atom stereocenters. The van der Waals surface area contributed by atoms with E-state index >= 15 is 0 Å². The zero-order valence-corrected chi connectivity index (χ0v) is 9.69. The molecule has 0 saturated carbocycles. The molecule has 84 valence electrons. The molecule has 2 rings (SSSR count). The summed E-state index contributed by atoms with van der Waals surface area (Å²) in [7, 11) is 3.22. The molecule has 0 aliphatic rings. The third-order valence-corrected chi connectivity index (χ3v) is 2.75. The van der Waals surface area contributed by atoms with Gasteiger partial charge < -0.3 is 9.32 Å². The van der Waals surface area contributed by atoms with Gasteiger partial charge in [0.15, 0.2) is 5.58 Å². The van der Waals surface area contributed by atoms with E-state index in [9.17, 15) is 9.59 Å². The van der Waals surface area contributed by atoms with E-state index in [1.807, 2.05) is 0 Å². The van der Waals surface area contributed by atoms with Crippen molar-refractivity contribution >= 4 is 34.7 Å². The third kappa shape index (κ3) is 1.61. The standard InChI is InChI=1S/C10H10N2O3S/c1-11(10(14)16)6-3-4-7-8(5-6)15-9(13)12(7)2/h3-5H,1-2H3,(H,14,16). The summed E-state index contributed by atoms with van der Waals surface area (Å²) in [6.07, 6.45) is 0. The summed E-state index contributed by atoms with van der Waals surface area (Å²) in [5, 5.41) is -0.377. The Morgan fingerprint density at radius 3 is 2.81 bits per heavy atom. The Labute approximate surface area is 96.7 Å². The predicted octanol–water partition coefficient (Wildman–Crippen LogP) is 1.62. The number of carbonyl (C=O) groups excluding carboxylic acids is 1. The minimum absolute atomic E-state index is 0.377. The molecule has 0 bridgehead atoms. The van der Waals surface area contributed by atoms with Crippen LogP contribution in [0.2, 0.25) is 0 Å². The molecule has 1 aromatic carbocycles. The summed E-state index contributed by atoms with van der Waals surface area (Å²) in [6.45, 7) is 0. The lowest BCUT2D eigenvalue weighted by atomic mass is 10.2. The van der Waals surface area contributed by atoms with Gasteiger partial charge in [-0.1, -0.05) is 12.6 Å². The molecule has 0 aliphatic carbocycles. The van der Waals surface area contributed by atoms with E-state index in [0.717, 1.165) is 0 Å². The molecule has 5 nitrogen and oxygen atoms in total. The van der Waals surface area contributed by atoms with Gasteiger partial charge in [0.25, 0.3) is 5.24 Å². The fourth-order valence-electron chi connectivity index (χ4n) is 1.44. The highest BCUT2D eigenvalue weighted by Gasteiger charge is 2.10. The fraction of sp³-hybridized carbons (Fsp3) is 0.200. The van der Waals surface area contributed by atoms with E-state index in [-0.39, 0.29) is 5.24 Å². The number of aromatic nitrogens is 1. The van der Waals surface area contributed by atoms with Gasteiger partial charge in [0.2, 0.25) is 0 Å². The van der Waals surface area contributed by atoms with E-state index in [2.05, 4.69) is 12.6 Å². The number of hydrogen-bond donors (Lipinski definition) is 1. The molecule has 1 heterocycles. The molecule has 16 heavy (non-hydrogen) atoms. The summed E-state index contributed by atoms with van der Waals surface area (Å²) in [6, 6.07) is 5.08. The Bertz CT molecular complexity index is 614. The second-order valence-corrected chi connectivity index (χ2v) is 3.80. The maximum atomic E-state index is 11.3. The predicted molar refractivity (Wildman–Crippen MR) is 64.2 cm³/mol. The monoisotopic (exact) mass is 238 g/mol. The number of nitrogens with zero attached hydrogens (tertiary/aromatic N) is 2. The molecule has 6 heteroatoms. The van der Waals surface area contributed by atoms with Crippen molar-refractivity contribution in [2.24, 2.45) is 7.05 Å². The van der Waals surface area contributed by atoms with E-state index in [4.69, 9.17) is 4.42 Å². The molecular formula is C10H10N2O3S. The first-order valence-corrected chi connectivity index (χ1v) is 5.01. The van der Waals surface area contributed by atoms with Crippen LogP contribution in [0.5, 0.6) is 0 Å². The largest absolute Gasteiger partial charge is 0.419 e. The number of fused-ring (bicyclic) bond motifs is 1. The molecule has 1 amide bonds. The fourth-order valence-corrected chi connectivity index (χ4v) is 1.56. The number of aryl methyl sites for hydroxylation is 1. The highest BCUT2D eigenvalue weighted by atomic mass is 32.1. The lowest BCUT2D eigenvalue weighted by molar-refractivity contribution is 0.266. The molecule has 0 fully saturated rings. The topological polar surface area (TPSA) is 55.5 Å².